The van der Waals surface area contributed by atoms with Crippen LogP contribution in [0.1, 0.15) is 36.5 Å². The van der Waals surface area contributed by atoms with Crippen molar-refractivity contribution < 1.29 is 19.2 Å². The Balaban J connectivity index is 1.94. The van der Waals surface area contributed by atoms with Gasteiger partial charge in [-0.05, 0) is 60.2 Å². The Morgan fingerprint density at radius 1 is 1.04 bits per heavy atom. The molecule has 2 aromatic rings. The molecule has 0 radical (unpaired) electrons. The average molecular weight is 380 g/mol. The molecule has 0 bridgehead atoms. The first-order valence-electron chi connectivity index (χ1n) is 8.98. The second-order valence-corrected chi connectivity index (χ2v) is 6.69. The molecule has 0 aromatic heterocycles. The first-order valence-corrected chi connectivity index (χ1v) is 8.98. The number of amides is 2. The Morgan fingerprint density at radius 3 is 2.21 bits per heavy atom. The van der Waals surface area contributed by atoms with Crippen molar-refractivity contribution in [3.8, 4) is 0 Å². The molecule has 144 valence electrons. The molecule has 5 nitrogen and oxygen atoms in total. The molecule has 1 saturated carbocycles. The number of hydrogen-bond acceptors (Lipinski definition) is 3. The first-order chi connectivity index (χ1) is 13.5. The van der Waals surface area contributed by atoms with E-state index in [1.165, 1.54) is 23.7 Å². The zero-order valence-electron chi connectivity index (χ0n) is 15.4. The van der Waals surface area contributed by atoms with Gasteiger partial charge in [0, 0.05) is 12.1 Å². The van der Waals surface area contributed by atoms with E-state index >= 15 is 0 Å². The van der Waals surface area contributed by atoms with E-state index < -0.39 is 5.91 Å². The van der Waals surface area contributed by atoms with Crippen LogP contribution in [0.5, 0.6) is 0 Å². The molecule has 0 saturated heterocycles. The van der Waals surface area contributed by atoms with Crippen molar-refractivity contribution in [3.05, 3.63) is 77.1 Å². The number of hydrogen-bond donors (Lipinski definition) is 3. The van der Waals surface area contributed by atoms with E-state index in [2.05, 4.69) is 5.32 Å². The summed E-state index contributed by atoms with van der Waals surface area (Å²) in [4.78, 5) is 23.9. The van der Waals surface area contributed by atoms with Gasteiger partial charge >= 0.3 is 0 Å². The summed E-state index contributed by atoms with van der Waals surface area (Å²) in [7, 11) is 0. The molecule has 2 aromatic carbocycles. The Kier molecular flexibility index (Phi) is 6.01. The molecule has 0 heterocycles. The number of benzene rings is 2. The minimum absolute atomic E-state index is 0.171. The molecule has 6 heteroatoms. The number of nitrogens with one attached hydrogen (secondary N) is 2. The average Bonchev–Trinajstić information content (AvgIpc) is 3.52. The first kappa shape index (κ1) is 19.5. The molecule has 0 atom stereocenters. The lowest BCUT2D eigenvalue weighted by Crippen LogP contribution is -2.26. The van der Waals surface area contributed by atoms with Crippen molar-refractivity contribution >= 4 is 29.0 Å². The van der Waals surface area contributed by atoms with Crippen molar-refractivity contribution in [2.24, 2.45) is 0 Å². The van der Waals surface area contributed by atoms with Gasteiger partial charge in [-0.25, -0.2) is 9.87 Å². The van der Waals surface area contributed by atoms with Crippen molar-refractivity contribution in [1.82, 2.24) is 10.8 Å². The second kappa shape index (κ2) is 8.63. The number of carbonyl (C=O) groups excluding carboxylic acids is 2. The van der Waals surface area contributed by atoms with Gasteiger partial charge in [-0.3, -0.25) is 14.8 Å². The van der Waals surface area contributed by atoms with Crippen LogP contribution in [0.2, 0.25) is 0 Å². The minimum atomic E-state index is -0.615. The highest BCUT2D eigenvalue weighted by atomic mass is 19.1. The van der Waals surface area contributed by atoms with Crippen LogP contribution < -0.4 is 10.8 Å². The van der Waals surface area contributed by atoms with Crippen molar-refractivity contribution in [2.75, 3.05) is 0 Å². The van der Waals surface area contributed by atoms with Gasteiger partial charge in [0.25, 0.3) is 11.8 Å². The van der Waals surface area contributed by atoms with E-state index in [0.29, 0.717) is 11.1 Å². The van der Waals surface area contributed by atoms with Crippen LogP contribution in [-0.2, 0) is 9.59 Å². The summed E-state index contributed by atoms with van der Waals surface area (Å²) >= 11 is 0. The third-order valence-corrected chi connectivity index (χ3v) is 4.53. The van der Waals surface area contributed by atoms with Crippen LogP contribution in [0.3, 0.4) is 0 Å². The van der Waals surface area contributed by atoms with Crippen molar-refractivity contribution in [1.29, 1.82) is 0 Å². The summed E-state index contributed by atoms with van der Waals surface area (Å²) < 4.78 is 13.3. The van der Waals surface area contributed by atoms with Crippen LogP contribution >= 0.6 is 0 Å². The summed E-state index contributed by atoms with van der Waals surface area (Å²) in [5.41, 5.74) is 5.08. The largest absolute Gasteiger partial charge is 0.349 e. The normalized spacial score (nSPS) is 14.5. The van der Waals surface area contributed by atoms with Gasteiger partial charge in [0.15, 0.2) is 0 Å². The number of allylic oxidation sites excluding steroid dienone is 1. The third kappa shape index (κ3) is 4.92. The molecule has 1 aliphatic rings. The molecule has 28 heavy (non-hydrogen) atoms. The maximum absolute atomic E-state index is 13.3. The van der Waals surface area contributed by atoms with Gasteiger partial charge in [0.05, 0.1) is 5.57 Å². The highest BCUT2D eigenvalue weighted by molar-refractivity contribution is 6.26. The molecule has 0 unspecified atom stereocenters. The topological polar surface area (TPSA) is 78.4 Å². The quantitative estimate of drug-likeness (QED) is 0.310. The zero-order valence-corrected chi connectivity index (χ0v) is 15.4. The van der Waals surface area contributed by atoms with E-state index in [9.17, 15) is 14.0 Å². The monoisotopic (exact) mass is 380 g/mol. The third-order valence-electron chi connectivity index (χ3n) is 4.53. The van der Waals surface area contributed by atoms with E-state index in [4.69, 9.17) is 5.21 Å². The maximum Gasteiger partial charge on any atom is 0.267 e. The minimum Gasteiger partial charge on any atom is -0.349 e. The lowest BCUT2D eigenvalue weighted by Gasteiger charge is -2.14. The lowest BCUT2D eigenvalue weighted by molar-refractivity contribution is -0.124. The highest BCUT2D eigenvalue weighted by Gasteiger charge is 2.26. The zero-order chi connectivity index (χ0) is 20.1. The van der Waals surface area contributed by atoms with Crippen LogP contribution in [0, 0.1) is 5.82 Å². The molecule has 0 aliphatic heterocycles. The van der Waals surface area contributed by atoms with E-state index in [1.807, 2.05) is 19.1 Å². The fourth-order valence-electron chi connectivity index (χ4n) is 2.82. The van der Waals surface area contributed by atoms with Gasteiger partial charge < -0.3 is 5.32 Å². The molecule has 2 amide bonds. The predicted molar refractivity (Wildman–Crippen MR) is 105 cm³/mol. The summed E-state index contributed by atoms with van der Waals surface area (Å²) in [6.07, 6.45) is 4.73. The smallest absolute Gasteiger partial charge is 0.267 e. The van der Waals surface area contributed by atoms with Gasteiger partial charge in [0.2, 0.25) is 0 Å². The Labute approximate surface area is 162 Å². The van der Waals surface area contributed by atoms with Gasteiger partial charge in [-0.2, -0.15) is 0 Å². The number of halogens is 1. The van der Waals surface area contributed by atoms with Crippen molar-refractivity contribution in [2.45, 2.75) is 25.8 Å². The molecule has 1 fully saturated rings. The number of carbonyl (C=O) groups is 2. The van der Waals surface area contributed by atoms with Crippen LogP contribution in [-0.4, -0.2) is 23.1 Å². The molecular weight excluding hydrogens is 359 g/mol. The Bertz CT molecular complexity index is 927. The van der Waals surface area contributed by atoms with Crippen LogP contribution in [0.4, 0.5) is 4.39 Å². The van der Waals surface area contributed by atoms with E-state index in [1.54, 1.807) is 30.3 Å². The fraction of sp³-hybridized carbons (Fsp3) is 0.182. The van der Waals surface area contributed by atoms with E-state index in [0.717, 1.165) is 29.5 Å². The Hall–Kier alpha value is -3.25. The number of rotatable bonds is 6. The summed E-state index contributed by atoms with van der Waals surface area (Å²) in [5.74, 6) is -1.14. The van der Waals surface area contributed by atoms with Gasteiger partial charge in [0.1, 0.15) is 5.82 Å². The number of hydroxylamine groups is 1. The molecule has 0 spiro atoms. The molecule has 1 aliphatic carbocycles. The predicted octanol–water partition coefficient (Wildman–Crippen LogP) is 3.55. The summed E-state index contributed by atoms with van der Waals surface area (Å²) in [6.45, 7) is 1.86. The van der Waals surface area contributed by atoms with Crippen molar-refractivity contribution in [3.63, 3.8) is 0 Å². The lowest BCUT2D eigenvalue weighted by atomic mass is 9.94. The van der Waals surface area contributed by atoms with Gasteiger partial charge in [-0.15, -0.1) is 0 Å². The highest BCUT2D eigenvalue weighted by Crippen LogP contribution is 2.29. The molecule has 3 rings (SSSR count). The molecule has 3 N–H and O–H groups in total. The maximum atomic E-state index is 13.3. The summed E-state index contributed by atoms with van der Waals surface area (Å²) in [6, 6.07) is 13.4. The van der Waals surface area contributed by atoms with E-state index in [-0.39, 0.29) is 17.8 Å². The molecular formula is C22H21FN2O3. The van der Waals surface area contributed by atoms with Crippen LogP contribution in [0.25, 0.3) is 17.2 Å². The SMILES string of the molecule is C/C(=C(\C(=O)NC1CC1)c1ccc(F)cc1)c1ccc(/C=C/C(=O)NO)cc1. The standard InChI is InChI=1S/C22H21FN2O3/c1-14(16-5-2-15(3-6-16)4-13-20(26)25-28)21(22(27)24-19-11-12-19)17-7-9-18(23)10-8-17/h2-10,13,19,28H,11-12H2,1H3,(H,24,27)(H,25,26)/b13-4+,21-14+. The second-order valence-electron chi connectivity index (χ2n) is 6.69. The van der Waals surface area contributed by atoms with Gasteiger partial charge in [-0.1, -0.05) is 36.4 Å². The Morgan fingerprint density at radius 2 is 1.64 bits per heavy atom. The fourth-order valence-corrected chi connectivity index (χ4v) is 2.82. The summed E-state index contributed by atoms with van der Waals surface area (Å²) in [5, 5.41) is 11.5. The van der Waals surface area contributed by atoms with Crippen LogP contribution in [0.15, 0.2) is 54.6 Å².